The maximum absolute atomic E-state index is 11.7. The molecule has 0 aliphatic carbocycles. The molecule has 1 N–H and O–H groups in total. The largest absolute Gasteiger partial charge is 0.459 e. The minimum atomic E-state index is -0.152. The van der Waals surface area contributed by atoms with Crippen molar-refractivity contribution in [3.8, 4) is 0 Å². The van der Waals surface area contributed by atoms with Crippen molar-refractivity contribution in [2.75, 3.05) is 0 Å². The van der Waals surface area contributed by atoms with Gasteiger partial charge in [0.25, 0.3) is 5.91 Å². The van der Waals surface area contributed by atoms with E-state index in [1.54, 1.807) is 12.1 Å². The normalized spacial score (nSPS) is 12.1. The van der Waals surface area contributed by atoms with Gasteiger partial charge < -0.3 is 9.73 Å². The van der Waals surface area contributed by atoms with Crippen molar-refractivity contribution < 1.29 is 9.21 Å². The van der Waals surface area contributed by atoms with Gasteiger partial charge in [0.2, 0.25) is 0 Å². The first-order chi connectivity index (χ1) is 8.75. The molecule has 0 aliphatic rings. The molecule has 18 heavy (non-hydrogen) atoms. The van der Waals surface area contributed by atoms with E-state index in [0.29, 0.717) is 5.76 Å². The molecule has 0 spiro atoms. The number of hydrogen-bond acceptors (Lipinski definition) is 2. The molecule has 1 aromatic heterocycles. The molecular weight excluding hydrogens is 226 g/mol. The smallest absolute Gasteiger partial charge is 0.287 e. The molecule has 1 unspecified atom stereocenters. The summed E-state index contributed by atoms with van der Waals surface area (Å²) in [7, 11) is 0. The van der Waals surface area contributed by atoms with Gasteiger partial charge in [-0.05, 0) is 37.5 Å². The third kappa shape index (κ3) is 3.48. The molecule has 1 heterocycles. The van der Waals surface area contributed by atoms with E-state index in [4.69, 9.17) is 4.42 Å². The number of amides is 1. The van der Waals surface area contributed by atoms with Crippen molar-refractivity contribution in [1.29, 1.82) is 0 Å². The highest BCUT2D eigenvalue weighted by molar-refractivity contribution is 5.91. The van der Waals surface area contributed by atoms with Crippen LogP contribution in [-0.4, -0.2) is 11.9 Å². The molecule has 3 heteroatoms. The summed E-state index contributed by atoms with van der Waals surface area (Å²) in [5, 5.41) is 2.92. The Labute approximate surface area is 107 Å². The zero-order valence-corrected chi connectivity index (χ0v) is 10.4. The van der Waals surface area contributed by atoms with E-state index in [-0.39, 0.29) is 11.9 Å². The van der Waals surface area contributed by atoms with Crippen LogP contribution < -0.4 is 5.32 Å². The number of carbonyl (C=O) groups excluding carboxylic acids is 1. The lowest BCUT2D eigenvalue weighted by molar-refractivity contribution is 0.0910. The van der Waals surface area contributed by atoms with Gasteiger partial charge in [-0.3, -0.25) is 4.79 Å². The van der Waals surface area contributed by atoms with Gasteiger partial charge in [-0.15, -0.1) is 0 Å². The monoisotopic (exact) mass is 243 g/mol. The van der Waals surface area contributed by atoms with E-state index < -0.39 is 0 Å². The van der Waals surface area contributed by atoms with Crippen LogP contribution in [0.4, 0.5) is 0 Å². The molecule has 2 rings (SSSR count). The van der Waals surface area contributed by atoms with Gasteiger partial charge in [-0.2, -0.15) is 0 Å². The van der Waals surface area contributed by atoms with Gasteiger partial charge in [0.1, 0.15) is 0 Å². The number of hydrogen-bond donors (Lipinski definition) is 1. The minimum Gasteiger partial charge on any atom is -0.459 e. The molecule has 2 aromatic rings. The van der Waals surface area contributed by atoms with Crippen molar-refractivity contribution in [3.63, 3.8) is 0 Å². The highest BCUT2D eigenvalue weighted by Gasteiger charge is 2.11. The van der Waals surface area contributed by atoms with E-state index in [1.165, 1.54) is 11.8 Å². The molecule has 0 saturated carbocycles. The number of benzene rings is 1. The summed E-state index contributed by atoms with van der Waals surface area (Å²) in [5.41, 5.74) is 1.29. The Morgan fingerprint density at radius 3 is 2.67 bits per heavy atom. The average molecular weight is 243 g/mol. The predicted octanol–water partition coefficient (Wildman–Crippen LogP) is 3.03. The van der Waals surface area contributed by atoms with E-state index >= 15 is 0 Å². The van der Waals surface area contributed by atoms with Crippen LogP contribution in [0.3, 0.4) is 0 Å². The van der Waals surface area contributed by atoms with Crippen molar-refractivity contribution in [2.24, 2.45) is 0 Å². The first-order valence-electron chi connectivity index (χ1n) is 6.14. The maximum Gasteiger partial charge on any atom is 0.287 e. The summed E-state index contributed by atoms with van der Waals surface area (Å²) in [6, 6.07) is 13.8. The van der Waals surface area contributed by atoms with Gasteiger partial charge in [-0.1, -0.05) is 30.3 Å². The molecular formula is C15H17NO2. The zero-order chi connectivity index (χ0) is 12.8. The molecule has 1 aromatic carbocycles. The van der Waals surface area contributed by atoms with Crippen LogP contribution >= 0.6 is 0 Å². The number of nitrogens with one attached hydrogen (secondary N) is 1. The van der Waals surface area contributed by atoms with Crippen LogP contribution in [0.2, 0.25) is 0 Å². The fourth-order valence-corrected chi connectivity index (χ4v) is 1.80. The Hall–Kier alpha value is -2.03. The number of furan rings is 1. The first kappa shape index (κ1) is 12.4. The Balaban J connectivity index is 1.79. The fraction of sp³-hybridized carbons (Fsp3) is 0.267. The van der Waals surface area contributed by atoms with E-state index in [0.717, 1.165) is 12.8 Å². The molecule has 0 radical (unpaired) electrons. The average Bonchev–Trinajstić information content (AvgIpc) is 2.91. The van der Waals surface area contributed by atoms with Crippen LogP contribution in [-0.2, 0) is 6.42 Å². The Bertz CT molecular complexity index is 476. The Kier molecular flexibility index (Phi) is 4.18. The Morgan fingerprint density at radius 1 is 1.22 bits per heavy atom. The molecule has 0 saturated heterocycles. The molecule has 0 bridgehead atoms. The van der Waals surface area contributed by atoms with Crippen molar-refractivity contribution in [1.82, 2.24) is 5.32 Å². The molecule has 94 valence electrons. The van der Waals surface area contributed by atoms with Crippen LogP contribution in [0, 0.1) is 0 Å². The predicted molar refractivity (Wildman–Crippen MR) is 70.4 cm³/mol. The second kappa shape index (κ2) is 6.05. The highest BCUT2D eigenvalue weighted by Crippen LogP contribution is 2.06. The van der Waals surface area contributed by atoms with Crippen LogP contribution in [0.25, 0.3) is 0 Å². The van der Waals surface area contributed by atoms with E-state index in [2.05, 4.69) is 17.4 Å². The number of aryl methyl sites for hydroxylation is 1. The second-order valence-electron chi connectivity index (χ2n) is 4.38. The highest BCUT2D eigenvalue weighted by atomic mass is 16.3. The van der Waals surface area contributed by atoms with Crippen molar-refractivity contribution in [3.05, 3.63) is 60.1 Å². The lowest BCUT2D eigenvalue weighted by Gasteiger charge is -2.12. The molecule has 3 nitrogen and oxygen atoms in total. The SMILES string of the molecule is CC(CCc1ccccc1)NC(=O)c1ccco1. The summed E-state index contributed by atoms with van der Waals surface area (Å²) in [6.45, 7) is 2.00. The first-order valence-corrected chi connectivity index (χ1v) is 6.14. The van der Waals surface area contributed by atoms with Crippen LogP contribution in [0.5, 0.6) is 0 Å². The third-order valence-electron chi connectivity index (χ3n) is 2.83. The molecule has 1 amide bonds. The zero-order valence-electron chi connectivity index (χ0n) is 10.4. The maximum atomic E-state index is 11.7. The minimum absolute atomic E-state index is 0.128. The quantitative estimate of drug-likeness (QED) is 0.877. The topological polar surface area (TPSA) is 42.2 Å². The molecule has 0 fully saturated rings. The summed E-state index contributed by atoms with van der Waals surface area (Å²) >= 11 is 0. The number of rotatable bonds is 5. The van der Waals surface area contributed by atoms with Crippen molar-refractivity contribution in [2.45, 2.75) is 25.8 Å². The Morgan fingerprint density at radius 2 is 2.00 bits per heavy atom. The lowest BCUT2D eigenvalue weighted by atomic mass is 10.1. The van der Waals surface area contributed by atoms with Crippen molar-refractivity contribution >= 4 is 5.91 Å². The van der Waals surface area contributed by atoms with Gasteiger partial charge in [0.15, 0.2) is 5.76 Å². The summed E-state index contributed by atoms with van der Waals surface area (Å²) in [4.78, 5) is 11.7. The second-order valence-corrected chi connectivity index (χ2v) is 4.38. The van der Waals surface area contributed by atoms with E-state index in [9.17, 15) is 4.79 Å². The fourth-order valence-electron chi connectivity index (χ4n) is 1.80. The van der Waals surface area contributed by atoms with Crippen LogP contribution in [0.1, 0.15) is 29.5 Å². The summed E-state index contributed by atoms with van der Waals surface area (Å²) in [6.07, 6.45) is 3.38. The van der Waals surface area contributed by atoms with Crippen LogP contribution in [0.15, 0.2) is 53.1 Å². The van der Waals surface area contributed by atoms with Gasteiger partial charge in [-0.25, -0.2) is 0 Å². The lowest BCUT2D eigenvalue weighted by Crippen LogP contribution is -2.32. The summed E-state index contributed by atoms with van der Waals surface area (Å²) in [5.74, 6) is 0.210. The molecule has 0 aliphatic heterocycles. The van der Waals surface area contributed by atoms with Gasteiger partial charge in [0, 0.05) is 6.04 Å². The third-order valence-corrected chi connectivity index (χ3v) is 2.83. The van der Waals surface area contributed by atoms with Gasteiger partial charge in [0.05, 0.1) is 6.26 Å². The summed E-state index contributed by atoms with van der Waals surface area (Å²) < 4.78 is 5.05. The standard InChI is InChI=1S/C15H17NO2/c1-12(9-10-13-6-3-2-4-7-13)16-15(17)14-8-5-11-18-14/h2-8,11-12H,9-10H2,1H3,(H,16,17). The van der Waals surface area contributed by atoms with E-state index in [1.807, 2.05) is 25.1 Å². The molecule has 1 atom stereocenters. The van der Waals surface area contributed by atoms with Gasteiger partial charge >= 0.3 is 0 Å². The number of carbonyl (C=O) groups is 1.